The van der Waals surface area contributed by atoms with Crippen LogP contribution in [0.4, 0.5) is 11.4 Å². The molecular formula is C22H24N2O5. The molecule has 29 heavy (non-hydrogen) atoms. The quantitative estimate of drug-likeness (QED) is 0.551. The summed E-state index contributed by atoms with van der Waals surface area (Å²) in [5, 5.41) is 9.17. The molecule has 0 bridgehead atoms. The van der Waals surface area contributed by atoms with Crippen molar-refractivity contribution in [1.29, 1.82) is 0 Å². The van der Waals surface area contributed by atoms with Crippen molar-refractivity contribution in [1.82, 2.24) is 4.98 Å². The molecular weight excluding hydrogens is 372 g/mol. The number of hydrogen-bond acceptors (Lipinski definition) is 6. The van der Waals surface area contributed by atoms with E-state index in [1.807, 2.05) is 43.9 Å². The molecule has 7 nitrogen and oxygen atoms in total. The van der Waals surface area contributed by atoms with Crippen molar-refractivity contribution in [3.05, 3.63) is 66.4 Å². The molecule has 0 saturated heterocycles. The zero-order valence-corrected chi connectivity index (χ0v) is 16.7. The van der Waals surface area contributed by atoms with Gasteiger partial charge in [-0.2, -0.15) is 0 Å². The Labute approximate surface area is 169 Å². The first-order valence-corrected chi connectivity index (χ1v) is 9.39. The summed E-state index contributed by atoms with van der Waals surface area (Å²) in [4.78, 5) is 17.2. The van der Waals surface area contributed by atoms with Gasteiger partial charge in [-0.25, -0.2) is 9.78 Å². The lowest BCUT2D eigenvalue weighted by Crippen LogP contribution is -2.17. The first-order valence-electron chi connectivity index (χ1n) is 9.39. The van der Waals surface area contributed by atoms with Gasteiger partial charge >= 0.3 is 5.97 Å². The molecule has 0 spiro atoms. The first-order chi connectivity index (χ1) is 14.0. The largest absolute Gasteiger partial charge is 0.490 e. The zero-order chi connectivity index (χ0) is 20.8. The lowest BCUT2D eigenvalue weighted by molar-refractivity contribution is 0.0697. The Balaban J connectivity index is 2.01. The van der Waals surface area contributed by atoms with E-state index in [1.165, 1.54) is 6.39 Å². The summed E-state index contributed by atoms with van der Waals surface area (Å²) in [5.41, 5.74) is 1.89. The van der Waals surface area contributed by atoms with Gasteiger partial charge < -0.3 is 23.9 Å². The molecule has 0 amide bonds. The Morgan fingerprint density at radius 1 is 1.14 bits per heavy atom. The van der Waals surface area contributed by atoms with Crippen LogP contribution in [0.1, 0.15) is 36.9 Å². The summed E-state index contributed by atoms with van der Waals surface area (Å²) < 4.78 is 17.1. The fourth-order valence-electron chi connectivity index (χ4n) is 2.88. The predicted octanol–water partition coefficient (Wildman–Crippen LogP) is 4.90. The molecule has 2 aromatic carbocycles. The number of carbonyl (C=O) groups is 1. The molecule has 152 valence electrons. The van der Waals surface area contributed by atoms with Crippen molar-refractivity contribution in [2.45, 2.75) is 33.4 Å². The van der Waals surface area contributed by atoms with Crippen LogP contribution in [-0.4, -0.2) is 28.8 Å². The zero-order valence-electron chi connectivity index (χ0n) is 16.7. The van der Waals surface area contributed by atoms with Crippen molar-refractivity contribution in [3.63, 3.8) is 0 Å². The molecule has 7 heteroatoms. The molecule has 0 aliphatic rings. The Kier molecular flexibility index (Phi) is 6.39. The second-order valence-electron chi connectivity index (χ2n) is 6.64. The molecule has 0 fully saturated rings. The summed E-state index contributed by atoms with van der Waals surface area (Å²) in [7, 11) is 0. The van der Waals surface area contributed by atoms with E-state index in [1.54, 1.807) is 30.5 Å². The third kappa shape index (κ3) is 5.07. The van der Waals surface area contributed by atoms with Crippen LogP contribution in [0.2, 0.25) is 0 Å². The van der Waals surface area contributed by atoms with Crippen LogP contribution in [-0.2, 0) is 6.54 Å². The highest BCUT2D eigenvalue weighted by Crippen LogP contribution is 2.36. The third-order valence-electron chi connectivity index (χ3n) is 4.12. The van der Waals surface area contributed by atoms with Crippen molar-refractivity contribution in [2.75, 3.05) is 11.5 Å². The molecule has 0 unspecified atom stereocenters. The number of anilines is 2. The van der Waals surface area contributed by atoms with Crippen molar-refractivity contribution in [2.24, 2.45) is 0 Å². The first kappa shape index (κ1) is 20.3. The highest BCUT2D eigenvalue weighted by atomic mass is 16.5. The summed E-state index contributed by atoms with van der Waals surface area (Å²) in [6.07, 6.45) is 3.02. The topological polar surface area (TPSA) is 85.0 Å². The summed E-state index contributed by atoms with van der Waals surface area (Å²) in [6, 6.07) is 12.4. The normalized spacial score (nSPS) is 10.8. The van der Waals surface area contributed by atoms with Crippen LogP contribution in [0.15, 0.2) is 59.5 Å². The summed E-state index contributed by atoms with van der Waals surface area (Å²) >= 11 is 0. The average Bonchev–Trinajstić information content (AvgIpc) is 3.21. The van der Waals surface area contributed by atoms with Gasteiger partial charge in [-0.15, -0.1) is 0 Å². The number of carboxylic acid groups (broad SMARTS) is 1. The lowest BCUT2D eigenvalue weighted by atomic mass is 10.1. The van der Waals surface area contributed by atoms with Gasteiger partial charge in [-0.1, -0.05) is 0 Å². The minimum absolute atomic E-state index is 0.0120. The van der Waals surface area contributed by atoms with Crippen molar-refractivity contribution < 1.29 is 23.8 Å². The number of ether oxygens (including phenoxy) is 2. The van der Waals surface area contributed by atoms with Crippen LogP contribution in [0.5, 0.6) is 11.5 Å². The minimum Gasteiger partial charge on any atom is -0.490 e. The molecule has 3 rings (SSSR count). The number of carboxylic acids is 1. The smallest absolute Gasteiger partial charge is 0.335 e. The van der Waals surface area contributed by atoms with Gasteiger partial charge in [0.2, 0.25) is 0 Å². The lowest BCUT2D eigenvalue weighted by Gasteiger charge is -2.25. The van der Waals surface area contributed by atoms with Gasteiger partial charge in [0.25, 0.3) is 0 Å². The maximum absolute atomic E-state index is 11.2. The Hall–Kier alpha value is -3.48. The van der Waals surface area contributed by atoms with E-state index in [-0.39, 0.29) is 11.7 Å². The van der Waals surface area contributed by atoms with Gasteiger partial charge in [-0.05, 0) is 57.2 Å². The number of benzene rings is 2. The third-order valence-corrected chi connectivity index (χ3v) is 4.12. The highest BCUT2D eigenvalue weighted by molar-refractivity contribution is 5.88. The molecule has 0 aliphatic heterocycles. The fourth-order valence-corrected chi connectivity index (χ4v) is 2.88. The van der Waals surface area contributed by atoms with Gasteiger partial charge in [0.1, 0.15) is 5.76 Å². The maximum Gasteiger partial charge on any atom is 0.335 e. The van der Waals surface area contributed by atoms with Gasteiger partial charge in [0, 0.05) is 17.4 Å². The number of nitrogens with zero attached hydrogens (tertiary/aromatic N) is 2. The Morgan fingerprint density at radius 3 is 2.45 bits per heavy atom. The van der Waals surface area contributed by atoms with Gasteiger partial charge in [-0.3, -0.25) is 0 Å². The van der Waals surface area contributed by atoms with E-state index in [9.17, 15) is 9.90 Å². The second kappa shape index (κ2) is 9.14. The number of oxazole rings is 1. The summed E-state index contributed by atoms with van der Waals surface area (Å²) in [6.45, 7) is 6.79. The molecule has 1 heterocycles. The molecule has 0 saturated carbocycles. The van der Waals surface area contributed by atoms with E-state index in [0.29, 0.717) is 30.4 Å². The Bertz CT molecular complexity index is 936. The van der Waals surface area contributed by atoms with E-state index >= 15 is 0 Å². The SMILES string of the molecule is CCOc1ccc(N(Cc2cnco2)c2ccc(C(=O)O)cc2)cc1OC(C)C. The monoisotopic (exact) mass is 396 g/mol. The fraction of sp³-hybridized carbons (Fsp3) is 0.273. The van der Waals surface area contributed by atoms with Gasteiger partial charge in [0.05, 0.1) is 31.0 Å². The summed E-state index contributed by atoms with van der Waals surface area (Å²) in [5.74, 6) is 1.02. The van der Waals surface area contributed by atoms with E-state index in [2.05, 4.69) is 4.98 Å². The molecule has 1 aromatic heterocycles. The predicted molar refractivity (Wildman–Crippen MR) is 109 cm³/mol. The molecule has 3 aromatic rings. The average molecular weight is 396 g/mol. The van der Waals surface area contributed by atoms with Crippen molar-refractivity contribution >= 4 is 17.3 Å². The number of aromatic carboxylic acids is 1. The maximum atomic E-state index is 11.2. The van der Waals surface area contributed by atoms with Crippen molar-refractivity contribution in [3.8, 4) is 11.5 Å². The van der Waals surface area contributed by atoms with Crippen LogP contribution in [0, 0.1) is 0 Å². The van der Waals surface area contributed by atoms with Crippen LogP contribution >= 0.6 is 0 Å². The molecule has 0 aliphatic carbocycles. The van der Waals surface area contributed by atoms with Crippen LogP contribution in [0.25, 0.3) is 0 Å². The Morgan fingerprint density at radius 2 is 1.86 bits per heavy atom. The molecule has 0 radical (unpaired) electrons. The van der Waals surface area contributed by atoms with E-state index in [0.717, 1.165) is 11.4 Å². The number of aromatic nitrogens is 1. The highest BCUT2D eigenvalue weighted by Gasteiger charge is 2.17. The second-order valence-corrected chi connectivity index (χ2v) is 6.64. The van der Waals surface area contributed by atoms with Gasteiger partial charge in [0.15, 0.2) is 17.9 Å². The van der Waals surface area contributed by atoms with E-state index in [4.69, 9.17) is 13.9 Å². The van der Waals surface area contributed by atoms with Crippen LogP contribution < -0.4 is 14.4 Å². The standard InChI is InChI=1S/C22H24N2O5/c1-4-27-20-10-9-18(11-21(20)29-15(2)3)24(13-19-12-23-14-28-19)17-7-5-16(6-8-17)22(25)26/h5-12,14-15H,4,13H2,1-3H3,(H,25,26). The number of rotatable bonds is 9. The molecule has 1 N–H and O–H groups in total. The van der Waals surface area contributed by atoms with Crippen LogP contribution in [0.3, 0.4) is 0 Å². The van der Waals surface area contributed by atoms with E-state index < -0.39 is 5.97 Å². The number of hydrogen-bond donors (Lipinski definition) is 1. The minimum atomic E-state index is -0.966. The molecule has 0 atom stereocenters.